The van der Waals surface area contributed by atoms with E-state index in [-0.39, 0.29) is 30.0 Å². The number of amides is 1. The van der Waals surface area contributed by atoms with Gasteiger partial charge in [-0.2, -0.15) is 0 Å². The van der Waals surface area contributed by atoms with Crippen molar-refractivity contribution in [3.8, 4) is 17.6 Å². The zero-order valence-electron chi connectivity index (χ0n) is 16.9. The number of benzene rings is 1. The molecule has 0 radical (unpaired) electrons. The first-order chi connectivity index (χ1) is 15.3. The minimum Gasteiger partial charge on any atom is -0.479 e. The molecule has 32 heavy (non-hydrogen) atoms. The number of amidine groups is 1. The molecular formula is C22H19F3N4O3. The van der Waals surface area contributed by atoms with Crippen LogP contribution in [0.5, 0.6) is 5.75 Å². The number of anilines is 1. The molecule has 10 heteroatoms. The minimum atomic E-state index is -3.02. The van der Waals surface area contributed by atoms with Crippen LogP contribution in [-0.2, 0) is 10.3 Å². The Morgan fingerprint density at radius 3 is 2.91 bits per heavy atom. The van der Waals surface area contributed by atoms with Gasteiger partial charge in [-0.3, -0.25) is 4.79 Å². The average molecular weight is 444 g/mol. The van der Waals surface area contributed by atoms with Crippen LogP contribution in [0.15, 0.2) is 41.5 Å². The normalized spacial score (nSPS) is 23.2. The van der Waals surface area contributed by atoms with Crippen molar-refractivity contribution >= 4 is 17.6 Å². The average Bonchev–Trinajstić information content (AvgIpc) is 3.54. The first-order valence-electron chi connectivity index (χ1n) is 9.75. The number of rotatable bonds is 6. The van der Waals surface area contributed by atoms with Crippen molar-refractivity contribution in [2.45, 2.75) is 31.4 Å². The van der Waals surface area contributed by atoms with E-state index in [0.29, 0.717) is 5.75 Å². The maximum absolute atomic E-state index is 14.7. The number of ether oxygens (including phenoxy) is 2. The summed E-state index contributed by atoms with van der Waals surface area (Å²) in [4.78, 5) is 20.4. The lowest BCUT2D eigenvalue weighted by Gasteiger charge is -2.33. The number of alkyl halides is 2. The second kappa shape index (κ2) is 8.42. The second-order valence-electron chi connectivity index (χ2n) is 7.32. The van der Waals surface area contributed by atoms with Gasteiger partial charge in [0.2, 0.25) is 0 Å². The van der Waals surface area contributed by atoms with Gasteiger partial charge in [0.25, 0.3) is 18.4 Å². The molecule has 1 aromatic heterocycles. The number of hydrogen-bond donors (Lipinski definition) is 2. The largest absolute Gasteiger partial charge is 0.479 e. The van der Waals surface area contributed by atoms with E-state index < -0.39 is 41.7 Å². The van der Waals surface area contributed by atoms with Crippen LogP contribution >= 0.6 is 0 Å². The van der Waals surface area contributed by atoms with Crippen LogP contribution in [0.3, 0.4) is 0 Å². The number of fused-ring (bicyclic) bond motifs is 1. The predicted molar refractivity (Wildman–Crippen MR) is 110 cm³/mol. The molecule has 0 saturated heterocycles. The third kappa shape index (κ3) is 3.93. The molecule has 166 valence electrons. The third-order valence-electron chi connectivity index (χ3n) is 5.31. The van der Waals surface area contributed by atoms with Crippen LogP contribution < -0.4 is 15.8 Å². The van der Waals surface area contributed by atoms with E-state index in [2.05, 4.69) is 27.1 Å². The fourth-order valence-corrected chi connectivity index (χ4v) is 3.70. The smallest absolute Gasteiger partial charge is 0.283 e. The highest BCUT2D eigenvalue weighted by atomic mass is 19.3. The number of pyridine rings is 1. The Labute approximate surface area is 181 Å². The van der Waals surface area contributed by atoms with Gasteiger partial charge in [0.1, 0.15) is 30.0 Å². The number of nitrogens with one attached hydrogen (secondary N) is 1. The number of carbonyl (C=O) groups excluding carboxylic acids is 1. The Morgan fingerprint density at radius 1 is 1.41 bits per heavy atom. The Hall–Kier alpha value is -3.74. The summed E-state index contributed by atoms with van der Waals surface area (Å²) in [5.41, 5.74) is 3.23. The molecule has 2 aliphatic rings. The van der Waals surface area contributed by atoms with Gasteiger partial charge in [0, 0.05) is 17.2 Å². The molecule has 2 aromatic rings. The van der Waals surface area contributed by atoms with E-state index in [4.69, 9.17) is 15.2 Å². The summed E-state index contributed by atoms with van der Waals surface area (Å²) in [7, 11) is 0. The maximum atomic E-state index is 14.7. The molecule has 3 atom stereocenters. The van der Waals surface area contributed by atoms with Crippen LogP contribution in [-0.4, -0.2) is 36.0 Å². The van der Waals surface area contributed by atoms with Crippen molar-refractivity contribution < 1.29 is 27.4 Å². The van der Waals surface area contributed by atoms with E-state index in [1.807, 2.05) is 0 Å². The molecule has 1 amide bonds. The molecule has 1 saturated carbocycles. The highest BCUT2D eigenvalue weighted by Gasteiger charge is 2.64. The van der Waals surface area contributed by atoms with Gasteiger partial charge in [0.05, 0.1) is 6.20 Å². The first kappa shape index (κ1) is 21.5. The zero-order valence-corrected chi connectivity index (χ0v) is 16.9. The van der Waals surface area contributed by atoms with Crippen molar-refractivity contribution in [2.75, 3.05) is 11.9 Å². The molecule has 1 aliphatic heterocycles. The number of aliphatic imine (C=N–C) groups is 1. The van der Waals surface area contributed by atoms with Gasteiger partial charge >= 0.3 is 0 Å². The van der Waals surface area contributed by atoms with Crippen molar-refractivity contribution in [3.05, 3.63) is 53.6 Å². The number of nitrogens with zero attached hydrogens (tertiary/aromatic N) is 2. The van der Waals surface area contributed by atoms with Crippen LogP contribution in [0, 0.1) is 23.6 Å². The van der Waals surface area contributed by atoms with Crippen LogP contribution in [0.25, 0.3) is 0 Å². The van der Waals surface area contributed by atoms with E-state index in [9.17, 15) is 18.0 Å². The Balaban J connectivity index is 1.57. The first-order valence-corrected chi connectivity index (χ1v) is 9.75. The summed E-state index contributed by atoms with van der Waals surface area (Å²) in [6.07, 6.45) is -1.91. The molecule has 1 fully saturated rings. The van der Waals surface area contributed by atoms with Crippen molar-refractivity contribution in [1.82, 2.24) is 4.98 Å². The molecule has 4 rings (SSSR count). The number of halogens is 3. The molecule has 2 heterocycles. The topological polar surface area (TPSA) is 98.8 Å². The molecule has 7 nitrogen and oxygen atoms in total. The summed E-state index contributed by atoms with van der Waals surface area (Å²) >= 11 is 0. The molecule has 0 unspecified atom stereocenters. The number of carbonyl (C=O) groups is 1. The van der Waals surface area contributed by atoms with E-state index in [1.165, 1.54) is 18.3 Å². The molecule has 1 aromatic carbocycles. The molecule has 1 aliphatic carbocycles. The minimum absolute atomic E-state index is 0.0592. The fourth-order valence-electron chi connectivity index (χ4n) is 3.70. The third-order valence-corrected chi connectivity index (χ3v) is 5.31. The highest BCUT2D eigenvalue weighted by Crippen LogP contribution is 2.56. The Bertz CT molecular complexity index is 1130. The van der Waals surface area contributed by atoms with Gasteiger partial charge in [-0.05, 0) is 43.7 Å². The predicted octanol–water partition coefficient (Wildman–Crippen LogP) is 3.07. The van der Waals surface area contributed by atoms with Crippen LogP contribution in [0.1, 0.15) is 29.4 Å². The fraction of sp³-hybridized carbons (Fsp3) is 0.318. The monoisotopic (exact) mass is 444 g/mol. The van der Waals surface area contributed by atoms with E-state index in [1.54, 1.807) is 13.0 Å². The number of aromatic nitrogens is 1. The zero-order chi connectivity index (χ0) is 22.9. The lowest BCUT2D eigenvalue weighted by molar-refractivity contribution is 0.0177. The lowest BCUT2D eigenvalue weighted by Crippen LogP contribution is -2.43. The van der Waals surface area contributed by atoms with Gasteiger partial charge in [-0.15, -0.1) is 5.92 Å². The van der Waals surface area contributed by atoms with Gasteiger partial charge in [0.15, 0.2) is 5.54 Å². The summed E-state index contributed by atoms with van der Waals surface area (Å²) in [5.74, 6) is 3.67. The van der Waals surface area contributed by atoms with Crippen molar-refractivity contribution in [3.63, 3.8) is 0 Å². The van der Waals surface area contributed by atoms with E-state index in [0.717, 1.165) is 12.1 Å². The SMILES string of the molecule is CC#CCOc1ccc(C(=O)Nc2ccc(F)c([C@@]3(C(F)F)N=C(N)O[C@@H]4C[C@@H]43)c2)nc1. The van der Waals surface area contributed by atoms with Gasteiger partial charge in [-0.1, -0.05) is 5.92 Å². The van der Waals surface area contributed by atoms with Crippen molar-refractivity contribution in [1.29, 1.82) is 0 Å². The highest BCUT2D eigenvalue weighted by molar-refractivity contribution is 6.02. The summed E-state index contributed by atoms with van der Waals surface area (Å²) in [5, 5.41) is 2.55. The van der Waals surface area contributed by atoms with Gasteiger partial charge < -0.3 is 20.5 Å². The molecular weight excluding hydrogens is 425 g/mol. The Kier molecular flexibility index (Phi) is 5.65. The van der Waals surface area contributed by atoms with Crippen molar-refractivity contribution in [2.24, 2.45) is 16.6 Å². The maximum Gasteiger partial charge on any atom is 0.283 e. The van der Waals surface area contributed by atoms with E-state index >= 15 is 0 Å². The number of nitrogens with two attached hydrogens (primary N) is 1. The summed E-state index contributed by atoms with van der Waals surface area (Å²) in [6, 6.07) is 6.01. The molecule has 3 N–H and O–H groups in total. The molecule has 0 bridgehead atoms. The summed E-state index contributed by atoms with van der Waals surface area (Å²) < 4.78 is 53.6. The number of hydrogen-bond acceptors (Lipinski definition) is 6. The standard InChI is InChI=1S/C22H19F3N4O3/c1-2-3-8-31-13-5-7-17(27-11-13)19(30)28-12-4-6-16(23)14(9-12)22(20(24)25)15-10-18(15)32-21(26)29-22/h4-7,9,11,15,18,20H,8,10H2,1H3,(H2,26,29)(H,28,30)/t15-,18+,22+/m0/s1. The van der Waals surface area contributed by atoms with Crippen LogP contribution in [0.2, 0.25) is 0 Å². The second-order valence-corrected chi connectivity index (χ2v) is 7.32. The summed E-state index contributed by atoms with van der Waals surface area (Å²) in [6.45, 7) is 1.87. The Morgan fingerprint density at radius 2 is 2.22 bits per heavy atom. The molecule has 0 spiro atoms. The quantitative estimate of drug-likeness (QED) is 0.668. The van der Waals surface area contributed by atoms with Gasteiger partial charge in [-0.25, -0.2) is 23.1 Å². The van der Waals surface area contributed by atoms with Crippen LogP contribution in [0.4, 0.5) is 18.9 Å². The lowest BCUT2D eigenvalue weighted by atomic mass is 9.84.